The maximum Gasteiger partial charge on any atom is 0.148 e. The Morgan fingerprint density at radius 2 is 1.44 bits per heavy atom. The van der Waals surface area contributed by atoms with Gasteiger partial charge in [0.15, 0.2) is 0 Å². The fourth-order valence-electron chi connectivity index (χ4n) is 1.43. The van der Waals surface area contributed by atoms with E-state index in [1.807, 2.05) is 36.4 Å². The zero-order chi connectivity index (χ0) is 13.1. The van der Waals surface area contributed by atoms with Crippen molar-refractivity contribution in [3.63, 3.8) is 0 Å². The second-order valence-electron chi connectivity index (χ2n) is 3.58. The number of rotatable bonds is 3. The van der Waals surface area contributed by atoms with E-state index in [2.05, 4.69) is 63.7 Å². The van der Waals surface area contributed by atoms with Gasteiger partial charge in [-0.1, -0.05) is 50.1 Å². The van der Waals surface area contributed by atoms with Crippen molar-refractivity contribution in [2.45, 2.75) is 6.61 Å². The van der Waals surface area contributed by atoms with Crippen LogP contribution in [0.1, 0.15) is 5.56 Å². The summed E-state index contributed by atoms with van der Waals surface area (Å²) >= 11 is 13.9. The summed E-state index contributed by atoms with van der Waals surface area (Å²) in [6.07, 6.45) is 0. The van der Waals surface area contributed by atoms with Crippen molar-refractivity contribution >= 4 is 63.7 Å². The molecule has 0 aromatic heterocycles. The van der Waals surface area contributed by atoms with Gasteiger partial charge < -0.3 is 4.74 Å². The standard InChI is InChI=1S/C13H8Br4O/c14-9-5-11(16)13(12(17)6-9)18-7-8-3-1-2-4-10(8)15/h1-6H,7H2. The Labute approximate surface area is 139 Å². The summed E-state index contributed by atoms with van der Waals surface area (Å²) in [5.74, 6) is 0.800. The summed E-state index contributed by atoms with van der Waals surface area (Å²) in [6.45, 7) is 0.514. The first kappa shape index (κ1) is 14.6. The van der Waals surface area contributed by atoms with E-state index in [1.165, 1.54) is 0 Å². The molecule has 0 aliphatic rings. The molecule has 0 bridgehead atoms. The normalized spacial score (nSPS) is 10.4. The summed E-state index contributed by atoms with van der Waals surface area (Å²) in [7, 11) is 0. The van der Waals surface area contributed by atoms with Crippen LogP contribution in [0.3, 0.4) is 0 Å². The zero-order valence-corrected chi connectivity index (χ0v) is 15.4. The van der Waals surface area contributed by atoms with Crippen LogP contribution >= 0.6 is 63.7 Å². The summed E-state index contributed by atoms with van der Waals surface area (Å²) < 4.78 is 9.72. The molecule has 2 aromatic rings. The minimum atomic E-state index is 0.514. The Morgan fingerprint density at radius 3 is 2.06 bits per heavy atom. The van der Waals surface area contributed by atoms with E-state index in [1.54, 1.807) is 0 Å². The van der Waals surface area contributed by atoms with Gasteiger partial charge in [-0.2, -0.15) is 0 Å². The van der Waals surface area contributed by atoms with Crippen LogP contribution in [0.25, 0.3) is 0 Å². The van der Waals surface area contributed by atoms with Crippen molar-refractivity contribution in [3.05, 3.63) is 59.9 Å². The van der Waals surface area contributed by atoms with Gasteiger partial charge in [-0.25, -0.2) is 0 Å². The zero-order valence-electron chi connectivity index (χ0n) is 9.09. The Kier molecular flexibility index (Phi) is 5.30. The van der Waals surface area contributed by atoms with E-state index in [0.717, 1.165) is 29.2 Å². The molecule has 2 rings (SSSR count). The Balaban J connectivity index is 2.19. The lowest BCUT2D eigenvalue weighted by molar-refractivity contribution is 0.301. The fourth-order valence-corrected chi connectivity index (χ4v) is 4.32. The van der Waals surface area contributed by atoms with Crippen molar-refractivity contribution < 1.29 is 4.74 Å². The predicted octanol–water partition coefficient (Wildman–Crippen LogP) is 6.32. The molecular formula is C13H8Br4O. The summed E-state index contributed by atoms with van der Waals surface area (Å²) in [5, 5.41) is 0. The van der Waals surface area contributed by atoms with Gasteiger partial charge in [-0.3, -0.25) is 0 Å². The fraction of sp³-hybridized carbons (Fsp3) is 0.0769. The van der Waals surface area contributed by atoms with E-state index in [4.69, 9.17) is 4.74 Å². The van der Waals surface area contributed by atoms with Crippen LogP contribution in [0.5, 0.6) is 5.75 Å². The van der Waals surface area contributed by atoms with Crippen molar-refractivity contribution in [3.8, 4) is 5.75 Å². The maximum absolute atomic E-state index is 5.84. The van der Waals surface area contributed by atoms with E-state index in [0.29, 0.717) is 6.61 Å². The summed E-state index contributed by atoms with van der Waals surface area (Å²) in [5.41, 5.74) is 1.11. The van der Waals surface area contributed by atoms with Crippen molar-refractivity contribution in [2.75, 3.05) is 0 Å². The molecule has 94 valence electrons. The highest BCUT2D eigenvalue weighted by Crippen LogP contribution is 2.37. The predicted molar refractivity (Wildman–Crippen MR) is 88.0 cm³/mol. The van der Waals surface area contributed by atoms with Gasteiger partial charge in [0.25, 0.3) is 0 Å². The Hall–Kier alpha value is 0.160. The van der Waals surface area contributed by atoms with Crippen molar-refractivity contribution in [2.24, 2.45) is 0 Å². The van der Waals surface area contributed by atoms with Gasteiger partial charge in [-0.15, -0.1) is 0 Å². The third-order valence-corrected chi connectivity index (χ3v) is 4.70. The second-order valence-corrected chi connectivity index (χ2v) is 7.06. The second kappa shape index (κ2) is 6.55. The highest BCUT2D eigenvalue weighted by molar-refractivity contribution is 9.11. The third-order valence-electron chi connectivity index (χ3n) is 2.29. The molecule has 0 radical (unpaired) electrons. The molecule has 5 heteroatoms. The molecule has 1 nitrogen and oxygen atoms in total. The number of hydrogen-bond acceptors (Lipinski definition) is 1. The molecule has 0 saturated carbocycles. The van der Waals surface area contributed by atoms with Crippen LogP contribution in [0.4, 0.5) is 0 Å². The first-order valence-corrected chi connectivity index (χ1v) is 8.26. The quantitative estimate of drug-likeness (QED) is 0.480. The third kappa shape index (κ3) is 3.59. The molecule has 0 atom stereocenters. The Morgan fingerprint density at radius 1 is 0.833 bits per heavy atom. The number of ether oxygens (including phenoxy) is 1. The number of hydrogen-bond donors (Lipinski definition) is 0. The van der Waals surface area contributed by atoms with Crippen LogP contribution in [0.15, 0.2) is 54.3 Å². The monoisotopic (exact) mass is 496 g/mol. The highest BCUT2D eigenvalue weighted by atomic mass is 79.9. The van der Waals surface area contributed by atoms with Gasteiger partial charge in [0.05, 0.1) is 8.95 Å². The molecule has 0 saturated heterocycles. The first-order valence-electron chi connectivity index (χ1n) is 5.08. The van der Waals surface area contributed by atoms with Crippen LogP contribution in [0, 0.1) is 0 Å². The molecule has 18 heavy (non-hydrogen) atoms. The molecule has 0 aliphatic heterocycles. The van der Waals surface area contributed by atoms with Crippen LogP contribution in [-0.2, 0) is 6.61 Å². The average Bonchev–Trinajstić information content (AvgIpc) is 2.30. The SMILES string of the molecule is Brc1cc(Br)c(OCc2ccccc2Br)c(Br)c1. The molecule has 0 unspecified atom stereocenters. The lowest BCUT2D eigenvalue weighted by Gasteiger charge is -2.11. The largest absolute Gasteiger partial charge is 0.486 e. The van der Waals surface area contributed by atoms with Gasteiger partial charge in [0, 0.05) is 14.5 Å². The van der Waals surface area contributed by atoms with Crippen LogP contribution in [0.2, 0.25) is 0 Å². The van der Waals surface area contributed by atoms with E-state index >= 15 is 0 Å². The number of benzene rings is 2. The highest BCUT2D eigenvalue weighted by Gasteiger charge is 2.09. The molecule has 0 aliphatic carbocycles. The smallest absolute Gasteiger partial charge is 0.148 e. The molecule has 0 N–H and O–H groups in total. The van der Waals surface area contributed by atoms with Crippen molar-refractivity contribution in [1.82, 2.24) is 0 Å². The molecule has 0 heterocycles. The maximum atomic E-state index is 5.84. The molecule has 2 aromatic carbocycles. The first-order chi connectivity index (χ1) is 8.58. The summed E-state index contributed by atoms with van der Waals surface area (Å²) in [4.78, 5) is 0. The average molecular weight is 500 g/mol. The van der Waals surface area contributed by atoms with E-state index in [9.17, 15) is 0 Å². The molecule has 0 fully saturated rings. The Bertz CT molecular complexity index is 546. The lowest BCUT2D eigenvalue weighted by Crippen LogP contribution is -1.97. The molecule has 0 spiro atoms. The minimum Gasteiger partial charge on any atom is -0.486 e. The van der Waals surface area contributed by atoms with Gasteiger partial charge >= 0.3 is 0 Å². The van der Waals surface area contributed by atoms with Gasteiger partial charge in [0.1, 0.15) is 12.4 Å². The van der Waals surface area contributed by atoms with E-state index < -0.39 is 0 Å². The minimum absolute atomic E-state index is 0.514. The van der Waals surface area contributed by atoms with Gasteiger partial charge in [-0.05, 0) is 50.1 Å². The van der Waals surface area contributed by atoms with Gasteiger partial charge in [0.2, 0.25) is 0 Å². The summed E-state index contributed by atoms with van der Waals surface area (Å²) in [6, 6.07) is 11.9. The lowest BCUT2D eigenvalue weighted by atomic mass is 10.2. The van der Waals surface area contributed by atoms with Crippen LogP contribution < -0.4 is 4.74 Å². The number of halogens is 4. The molecule has 0 amide bonds. The molecular weight excluding hydrogens is 492 g/mol. The van der Waals surface area contributed by atoms with E-state index in [-0.39, 0.29) is 0 Å². The van der Waals surface area contributed by atoms with Crippen molar-refractivity contribution in [1.29, 1.82) is 0 Å². The van der Waals surface area contributed by atoms with Crippen LogP contribution in [-0.4, -0.2) is 0 Å². The topological polar surface area (TPSA) is 9.23 Å².